The van der Waals surface area contributed by atoms with Gasteiger partial charge < -0.3 is 4.74 Å². The first-order valence-corrected chi connectivity index (χ1v) is 7.05. The highest BCUT2D eigenvalue weighted by atomic mass is 16.6. The van der Waals surface area contributed by atoms with Crippen LogP contribution in [0.2, 0.25) is 0 Å². The molecule has 17 heavy (non-hydrogen) atoms. The maximum atomic E-state index is 12.2. The molecule has 100 valence electrons. The van der Waals surface area contributed by atoms with E-state index >= 15 is 0 Å². The number of ether oxygens (including phenoxy) is 1. The van der Waals surface area contributed by atoms with Gasteiger partial charge >= 0.3 is 5.97 Å². The molecule has 1 saturated carbocycles. The van der Waals surface area contributed by atoms with Crippen molar-refractivity contribution in [3.8, 4) is 0 Å². The zero-order chi connectivity index (χ0) is 13.1. The van der Waals surface area contributed by atoms with Crippen molar-refractivity contribution < 1.29 is 9.53 Å². The Balaban J connectivity index is 2.71. The molecule has 2 heteroatoms. The Hall–Kier alpha value is -0.530. The molecule has 0 N–H and O–H groups in total. The summed E-state index contributed by atoms with van der Waals surface area (Å²) >= 11 is 0. The summed E-state index contributed by atoms with van der Waals surface area (Å²) in [6, 6.07) is 0. The molecule has 1 aliphatic rings. The predicted molar refractivity (Wildman–Crippen MR) is 70.8 cm³/mol. The monoisotopic (exact) mass is 240 g/mol. The van der Waals surface area contributed by atoms with Crippen LogP contribution in [0.1, 0.15) is 73.1 Å². The van der Waals surface area contributed by atoms with E-state index in [4.69, 9.17) is 4.74 Å². The van der Waals surface area contributed by atoms with Crippen molar-refractivity contribution in [2.24, 2.45) is 11.3 Å². The Morgan fingerprint density at radius 3 is 2.24 bits per heavy atom. The van der Waals surface area contributed by atoms with Crippen LogP contribution in [0.25, 0.3) is 0 Å². The van der Waals surface area contributed by atoms with Crippen LogP contribution in [0.4, 0.5) is 0 Å². The van der Waals surface area contributed by atoms with Crippen LogP contribution in [0.5, 0.6) is 0 Å². The molecule has 1 aliphatic carbocycles. The summed E-state index contributed by atoms with van der Waals surface area (Å²) < 4.78 is 5.93. The van der Waals surface area contributed by atoms with E-state index in [1.54, 1.807) is 0 Å². The fourth-order valence-electron chi connectivity index (χ4n) is 2.59. The van der Waals surface area contributed by atoms with Gasteiger partial charge in [0, 0.05) is 0 Å². The second-order valence-corrected chi connectivity index (χ2v) is 6.62. The molecule has 0 atom stereocenters. The van der Waals surface area contributed by atoms with Crippen LogP contribution < -0.4 is 0 Å². The minimum absolute atomic E-state index is 0.0115. The van der Waals surface area contributed by atoms with E-state index in [0.717, 1.165) is 25.7 Å². The summed E-state index contributed by atoms with van der Waals surface area (Å²) in [5, 5.41) is 0. The van der Waals surface area contributed by atoms with E-state index in [1.807, 2.05) is 20.8 Å². The van der Waals surface area contributed by atoms with Gasteiger partial charge in [-0.25, -0.2) is 0 Å². The van der Waals surface area contributed by atoms with Gasteiger partial charge in [0.2, 0.25) is 0 Å². The van der Waals surface area contributed by atoms with Crippen molar-refractivity contribution in [1.29, 1.82) is 0 Å². The molecule has 1 fully saturated rings. The maximum absolute atomic E-state index is 12.2. The van der Waals surface area contributed by atoms with Crippen LogP contribution in [0.3, 0.4) is 0 Å². The van der Waals surface area contributed by atoms with Crippen LogP contribution in [-0.2, 0) is 9.53 Å². The molecule has 0 saturated heterocycles. The third-order valence-electron chi connectivity index (χ3n) is 4.04. The minimum Gasteiger partial charge on any atom is -0.459 e. The molecule has 0 aromatic carbocycles. The normalized spacial score (nSPS) is 19.6. The Morgan fingerprint density at radius 1 is 1.29 bits per heavy atom. The first-order valence-electron chi connectivity index (χ1n) is 7.05. The number of carbonyl (C=O) groups is 1. The third-order valence-corrected chi connectivity index (χ3v) is 4.04. The van der Waals surface area contributed by atoms with E-state index in [2.05, 4.69) is 13.8 Å². The topological polar surface area (TPSA) is 26.3 Å². The van der Waals surface area contributed by atoms with Crippen molar-refractivity contribution >= 4 is 5.97 Å². The molecule has 0 unspecified atom stereocenters. The van der Waals surface area contributed by atoms with E-state index in [1.165, 1.54) is 12.8 Å². The first kappa shape index (κ1) is 14.5. The van der Waals surface area contributed by atoms with Crippen molar-refractivity contribution in [2.45, 2.75) is 78.7 Å². The molecule has 0 aromatic heterocycles. The molecule has 0 amide bonds. The number of carbonyl (C=O) groups excluding carboxylic acids is 1. The zero-order valence-electron chi connectivity index (χ0n) is 12.1. The highest BCUT2D eigenvalue weighted by molar-refractivity contribution is 5.76. The van der Waals surface area contributed by atoms with Gasteiger partial charge in [-0.15, -0.1) is 0 Å². The first-order chi connectivity index (χ1) is 7.81. The van der Waals surface area contributed by atoms with E-state index in [0.29, 0.717) is 5.92 Å². The SMILES string of the molecule is CCC(C)(C)C(=O)OC1(CC(C)C)CCCC1. The summed E-state index contributed by atoms with van der Waals surface area (Å²) in [5.74, 6) is 0.577. The average Bonchev–Trinajstić information content (AvgIpc) is 2.65. The summed E-state index contributed by atoms with van der Waals surface area (Å²) in [5.41, 5.74) is -0.496. The predicted octanol–water partition coefficient (Wildman–Crippen LogP) is 4.32. The Bertz CT molecular complexity index is 260. The maximum Gasteiger partial charge on any atom is 0.312 e. The van der Waals surface area contributed by atoms with Crippen molar-refractivity contribution in [1.82, 2.24) is 0 Å². The second-order valence-electron chi connectivity index (χ2n) is 6.62. The lowest BCUT2D eigenvalue weighted by Gasteiger charge is -2.34. The summed E-state index contributed by atoms with van der Waals surface area (Å²) in [4.78, 5) is 12.2. The van der Waals surface area contributed by atoms with E-state index < -0.39 is 0 Å². The number of hydrogen-bond acceptors (Lipinski definition) is 2. The number of hydrogen-bond donors (Lipinski definition) is 0. The van der Waals surface area contributed by atoms with E-state index in [-0.39, 0.29) is 17.0 Å². The Morgan fingerprint density at radius 2 is 1.82 bits per heavy atom. The molecule has 0 heterocycles. The highest BCUT2D eigenvalue weighted by Crippen LogP contribution is 2.40. The van der Waals surface area contributed by atoms with Gasteiger partial charge in [0.05, 0.1) is 5.41 Å². The summed E-state index contributed by atoms with van der Waals surface area (Å²) in [6.45, 7) is 10.4. The largest absolute Gasteiger partial charge is 0.459 e. The molecule has 0 aromatic rings. The average molecular weight is 240 g/mol. The smallest absolute Gasteiger partial charge is 0.312 e. The van der Waals surface area contributed by atoms with Crippen LogP contribution in [-0.4, -0.2) is 11.6 Å². The molecule has 0 radical (unpaired) electrons. The quantitative estimate of drug-likeness (QED) is 0.669. The van der Waals surface area contributed by atoms with Crippen LogP contribution >= 0.6 is 0 Å². The lowest BCUT2D eigenvalue weighted by atomic mass is 9.87. The molecule has 2 nitrogen and oxygen atoms in total. The van der Waals surface area contributed by atoms with Crippen LogP contribution in [0, 0.1) is 11.3 Å². The molecule has 0 bridgehead atoms. The third kappa shape index (κ3) is 3.72. The standard InChI is InChI=1S/C15H28O2/c1-6-14(4,5)13(16)17-15(11-12(2)3)9-7-8-10-15/h12H,6-11H2,1-5H3. The summed E-state index contributed by atoms with van der Waals surface area (Å²) in [6.07, 6.45) is 6.36. The molecular weight excluding hydrogens is 212 g/mol. The minimum atomic E-state index is -0.341. The van der Waals surface area contributed by atoms with Crippen molar-refractivity contribution in [3.63, 3.8) is 0 Å². The lowest BCUT2D eigenvalue weighted by Crippen LogP contribution is -2.38. The Labute approximate surface area is 106 Å². The van der Waals surface area contributed by atoms with Gasteiger partial charge in [-0.3, -0.25) is 4.79 Å². The summed E-state index contributed by atoms with van der Waals surface area (Å²) in [7, 11) is 0. The van der Waals surface area contributed by atoms with Gasteiger partial charge in [-0.05, 0) is 58.3 Å². The van der Waals surface area contributed by atoms with Crippen LogP contribution in [0.15, 0.2) is 0 Å². The molecule has 1 rings (SSSR count). The van der Waals surface area contributed by atoms with Gasteiger partial charge in [-0.2, -0.15) is 0 Å². The van der Waals surface area contributed by atoms with Crippen molar-refractivity contribution in [2.75, 3.05) is 0 Å². The fraction of sp³-hybridized carbons (Fsp3) is 0.933. The van der Waals surface area contributed by atoms with Gasteiger partial charge in [-0.1, -0.05) is 20.8 Å². The lowest BCUT2D eigenvalue weighted by molar-refractivity contribution is -0.172. The molecular formula is C15H28O2. The second kappa shape index (κ2) is 5.41. The highest BCUT2D eigenvalue weighted by Gasteiger charge is 2.41. The Kier molecular flexibility index (Phi) is 4.62. The molecule has 0 spiro atoms. The van der Waals surface area contributed by atoms with Gasteiger partial charge in [0.15, 0.2) is 0 Å². The van der Waals surface area contributed by atoms with Crippen molar-refractivity contribution in [3.05, 3.63) is 0 Å². The number of rotatable bonds is 5. The van der Waals surface area contributed by atoms with Gasteiger partial charge in [0.25, 0.3) is 0 Å². The zero-order valence-corrected chi connectivity index (χ0v) is 12.1. The van der Waals surface area contributed by atoms with Gasteiger partial charge in [0.1, 0.15) is 5.60 Å². The fourth-order valence-corrected chi connectivity index (χ4v) is 2.59. The molecule has 0 aliphatic heterocycles. The van der Waals surface area contributed by atoms with E-state index in [9.17, 15) is 4.79 Å². The number of esters is 1.